The lowest BCUT2D eigenvalue weighted by molar-refractivity contribution is -0.143. The van der Waals surface area contributed by atoms with Gasteiger partial charge in [0.05, 0.1) is 17.7 Å². The molecule has 1 aromatic rings. The minimum atomic E-state index is -0.209. The molecule has 0 radical (unpaired) electrons. The Morgan fingerprint density at radius 3 is 2.90 bits per heavy atom. The number of hydrogen-bond acceptors (Lipinski definition) is 4. The van der Waals surface area contributed by atoms with Crippen LogP contribution in [0.15, 0.2) is 16.6 Å². The molecule has 0 fully saturated rings. The minimum absolute atomic E-state index is 0.170. The predicted molar refractivity (Wildman–Crippen MR) is 78.2 cm³/mol. The van der Waals surface area contributed by atoms with Crippen molar-refractivity contribution in [2.24, 2.45) is 0 Å². The molecule has 5 heteroatoms. The van der Waals surface area contributed by atoms with Gasteiger partial charge in [-0.1, -0.05) is 0 Å². The number of benzene rings is 1. The van der Waals surface area contributed by atoms with E-state index in [2.05, 4.69) is 15.9 Å². The zero-order chi connectivity index (χ0) is 14.5. The number of carbonyl (C=O) groups is 2. The third-order valence-corrected chi connectivity index (χ3v) is 3.79. The van der Waals surface area contributed by atoms with Gasteiger partial charge < -0.3 is 9.47 Å². The van der Waals surface area contributed by atoms with Crippen LogP contribution in [0.2, 0.25) is 0 Å². The predicted octanol–water partition coefficient (Wildman–Crippen LogP) is 3.30. The molecule has 0 saturated carbocycles. The van der Waals surface area contributed by atoms with Gasteiger partial charge in [0, 0.05) is 18.4 Å². The Labute approximate surface area is 126 Å². The van der Waals surface area contributed by atoms with Gasteiger partial charge in [0.15, 0.2) is 5.78 Å². The molecule has 4 nitrogen and oxygen atoms in total. The number of rotatable bonds is 6. The van der Waals surface area contributed by atoms with Gasteiger partial charge in [-0.05, 0) is 53.4 Å². The van der Waals surface area contributed by atoms with E-state index in [0.717, 1.165) is 22.0 Å². The second kappa shape index (κ2) is 6.88. The van der Waals surface area contributed by atoms with Crippen molar-refractivity contribution in [1.82, 2.24) is 0 Å². The first-order valence-corrected chi connectivity index (χ1v) is 7.55. The third kappa shape index (κ3) is 3.60. The molecule has 108 valence electrons. The number of aryl methyl sites for hydroxylation is 1. The van der Waals surface area contributed by atoms with E-state index in [1.54, 1.807) is 13.0 Å². The van der Waals surface area contributed by atoms with Crippen molar-refractivity contribution in [3.05, 3.63) is 27.7 Å². The van der Waals surface area contributed by atoms with Crippen molar-refractivity contribution in [1.29, 1.82) is 0 Å². The first-order valence-electron chi connectivity index (χ1n) is 6.76. The highest BCUT2D eigenvalue weighted by Gasteiger charge is 2.21. The van der Waals surface area contributed by atoms with Crippen LogP contribution in [-0.2, 0) is 16.0 Å². The quantitative estimate of drug-likeness (QED) is 0.588. The molecule has 0 unspecified atom stereocenters. The summed E-state index contributed by atoms with van der Waals surface area (Å²) >= 11 is 3.45. The highest BCUT2D eigenvalue weighted by molar-refractivity contribution is 9.10. The number of hydrogen-bond donors (Lipinski definition) is 0. The average molecular weight is 341 g/mol. The molecule has 1 aromatic carbocycles. The molecule has 0 bridgehead atoms. The molecule has 0 spiro atoms. The summed E-state index contributed by atoms with van der Waals surface area (Å²) in [6.07, 6.45) is 2.32. The molecule has 1 aliphatic carbocycles. The molecular formula is C15H17BrO4. The van der Waals surface area contributed by atoms with E-state index in [0.29, 0.717) is 38.2 Å². The molecule has 0 aliphatic heterocycles. The van der Waals surface area contributed by atoms with Crippen LogP contribution < -0.4 is 4.74 Å². The fraction of sp³-hybridized carbons (Fsp3) is 0.467. The zero-order valence-electron chi connectivity index (χ0n) is 11.4. The van der Waals surface area contributed by atoms with Gasteiger partial charge in [-0.25, -0.2) is 0 Å². The van der Waals surface area contributed by atoms with Gasteiger partial charge in [-0.2, -0.15) is 0 Å². The summed E-state index contributed by atoms with van der Waals surface area (Å²) in [5.74, 6) is 0.617. The van der Waals surface area contributed by atoms with Crippen LogP contribution in [0.5, 0.6) is 5.75 Å². The summed E-state index contributed by atoms with van der Waals surface area (Å²) < 4.78 is 11.3. The fourth-order valence-corrected chi connectivity index (χ4v) is 2.69. The SMILES string of the molecule is CCOC(=O)CCCOc1cc2c(cc1Br)CCC2=O. The first-order chi connectivity index (χ1) is 9.61. The van der Waals surface area contributed by atoms with Crippen molar-refractivity contribution in [3.8, 4) is 5.75 Å². The highest BCUT2D eigenvalue weighted by Crippen LogP contribution is 2.33. The largest absolute Gasteiger partial charge is 0.492 e. The standard InChI is InChI=1S/C15H17BrO4/c1-2-19-15(18)4-3-7-20-14-9-11-10(8-12(14)16)5-6-13(11)17/h8-9H,2-7H2,1H3. The summed E-state index contributed by atoms with van der Waals surface area (Å²) in [6, 6.07) is 3.74. The van der Waals surface area contributed by atoms with Crippen LogP contribution in [0.25, 0.3) is 0 Å². The van der Waals surface area contributed by atoms with Gasteiger partial charge in [-0.15, -0.1) is 0 Å². The van der Waals surface area contributed by atoms with Crippen LogP contribution in [-0.4, -0.2) is 25.0 Å². The smallest absolute Gasteiger partial charge is 0.305 e. The molecule has 0 N–H and O–H groups in total. The maximum atomic E-state index is 11.7. The highest BCUT2D eigenvalue weighted by atomic mass is 79.9. The fourth-order valence-electron chi connectivity index (χ4n) is 2.19. The first kappa shape index (κ1) is 15.0. The summed E-state index contributed by atoms with van der Waals surface area (Å²) in [5.41, 5.74) is 1.83. The minimum Gasteiger partial charge on any atom is -0.492 e. The number of esters is 1. The Morgan fingerprint density at radius 1 is 1.35 bits per heavy atom. The Hall–Kier alpha value is -1.36. The molecule has 0 aromatic heterocycles. The van der Waals surface area contributed by atoms with Crippen LogP contribution in [0.3, 0.4) is 0 Å². The van der Waals surface area contributed by atoms with Gasteiger partial charge in [0.25, 0.3) is 0 Å². The maximum Gasteiger partial charge on any atom is 0.305 e. The summed E-state index contributed by atoms with van der Waals surface area (Å²) in [7, 11) is 0. The van der Waals surface area contributed by atoms with Gasteiger partial charge in [0.1, 0.15) is 5.75 Å². The molecule has 20 heavy (non-hydrogen) atoms. The monoisotopic (exact) mass is 340 g/mol. The lowest BCUT2D eigenvalue weighted by atomic mass is 10.1. The number of halogens is 1. The summed E-state index contributed by atoms with van der Waals surface area (Å²) in [4.78, 5) is 22.9. The number of fused-ring (bicyclic) bond motifs is 1. The van der Waals surface area contributed by atoms with Gasteiger partial charge in [0.2, 0.25) is 0 Å². The topological polar surface area (TPSA) is 52.6 Å². The van der Waals surface area contributed by atoms with Crippen LogP contribution in [0.1, 0.15) is 42.1 Å². The van der Waals surface area contributed by atoms with Crippen LogP contribution >= 0.6 is 15.9 Å². The van der Waals surface area contributed by atoms with Gasteiger partial charge >= 0.3 is 5.97 Å². The molecule has 0 amide bonds. The molecule has 2 rings (SSSR count). The normalized spacial score (nSPS) is 13.2. The number of ether oxygens (including phenoxy) is 2. The number of Topliss-reactive ketones (excluding diaryl/α,β-unsaturated/α-hetero) is 1. The molecule has 0 saturated heterocycles. The van der Waals surface area contributed by atoms with Crippen molar-refractivity contribution in [2.75, 3.05) is 13.2 Å². The van der Waals surface area contributed by atoms with Crippen LogP contribution in [0, 0.1) is 0 Å². The zero-order valence-corrected chi connectivity index (χ0v) is 13.0. The second-order valence-corrected chi connectivity index (χ2v) is 5.47. The lowest BCUT2D eigenvalue weighted by Crippen LogP contribution is -2.07. The van der Waals surface area contributed by atoms with Crippen molar-refractivity contribution >= 4 is 27.7 Å². The molecule has 1 aliphatic rings. The Bertz CT molecular complexity index is 525. The Kier molecular flexibility index (Phi) is 5.17. The summed E-state index contributed by atoms with van der Waals surface area (Å²) in [6.45, 7) is 2.61. The van der Waals surface area contributed by atoms with E-state index in [1.807, 2.05) is 6.07 Å². The molecular weight excluding hydrogens is 324 g/mol. The summed E-state index contributed by atoms with van der Waals surface area (Å²) in [5, 5.41) is 0. The van der Waals surface area contributed by atoms with Crippen molar-refractivity contribution < 1.29 is 19.1 Å². The van der Waals surface area contributed by atoms with Crippen molar-refractivity contribution in [2.45, 2.75) is 32.6 Å². The van der Waals surface area contributed by atoms with E-state index in [-0.39, 0.29) is 11.8 Å². The molecule has 0 heterocycles. The Morgan fingerprint density at radius 2 is 2.15 bits per heavy atom. The third-order valence-electron chi connectivity index (χ3n) is 3.17. The Balaban J connectivity index is 1.89. The molecule has 0 atom stereocenters. The average Bonchev–Trinajstić information content (AvgIpc) is 2.76. The van der Waals surface area contributed by atoms with E-state index in [1.165, 1.54) is 0 Å². The van der Waals surface area contributed by atoms with E-state index in [9.17, 15) is 9.59 Å². The number of carbonyl (C=O) groups excluding carboxylic acids is 2. The van der Waals surface area contributed by atoms with Crippen LogP contribution in [0.4, 0.5) is 0 Å². The maximum absolute atomic E-state index is 11.7. The van der Waals surface area contributed by atoms with E-state index < -0.39 is 0 Å². The van der Waals surface area contributed by atoms with Crippen molar-refractivity contribution in [3.63, 3.8) is 0 Å². The second-order valence-electron chi connectivity index (χ2n) is 4.62. The van der Waals surface area contributed by atoms with E-state index >= 15 is 0 Å². The van der Waals surface area contributed by atoms with E-state index in [4.69, 9.17) is 9.47 Å². The van der Waals surface area contributed by atoms with Gasteiger partial charge in [-0.3, -0.25) is 9.59 Å². The lowest BCUT2D eigenvalue weighted by Gasteiger charge is -2.10. The number of ketones is 1.